The summed E-state index contributed by atoms with van der Waals surface area (Å²) in [4.78, 5) is 17.5. The minimum Gasteiger partial charge on any atom is -0.360 e. The van der Waals surface area contributed by atoms with Crippen molar-refractivity contribution in [3.8, 4) is 11.3 Å². The minimum absolute atomic E-state index is 0.309. The Balaban J connectivity index is 1.75. The second kappa shape index (κ2) is 6.85. The smallest absolute Gasteiger partial charge is 0.261 e. The maximum atomic E-state index is 13.0. The zero-order valence-corrected chi connectivity index (χ0v) is 15.5. The highest BCUT2D eigenvalue weighted by Gasteiger charge is 2.23. The molecule has 0 aliphatic carbocycles. The van der Waals surface area contributed by atoms with Crippen LogP contribution in [0.2, 0.25) is 5.02 Å². The predicted octanol–water partition coefficient (Wildman–Crippen LogP) is 5.41. The van der Waals surface area contributed by atoms with E-state index < -0.39 is 0 Å². The third-order valence-corrected chi connectivity index (χ3v) is 4.67. The summed E-state index contributed by atoms with van der Waals surface area (Å²) >= 11 is 6.28. The largest absolute Gasteiger partial charge is 0.360 e. The molecule has 1 N–H and O–H groups in total. The van der Waals surface area contributed by atoms with Gasteiger partial charge in [-0.25, -0.2) is 0 Å². The van der Waals surface area contributed by atoms with E-state index in [2.05, 4.69) is 15.5 Å². The lowest BCUT2D eigenvalue weighted by molar-refractivity contribution is 0.102. The van der Waals surface area contributed by atoms with E-state index in [1.165, 1.54) is 0 Å². The molecular formula is C21H16ClN3O2. The molecule has 5 nitrogen and oxygen atoms in total. The van der Waals surface area contributed by atoms with Crippen LogP contribution < -0.4 is 5.32 Å². The zero-order chi connectivity index (χ0) is 19.0. The van der Waals surface area contributed by atoms with E-state index in [0.717, 1.165) is 16.6 Å². The molecule has 0 spiro atoms. The van der Waals surface area contributed by atoms with Crippen LogP contribution in [0.25, 0.3) is 22.2 Å². The van der Waals surface area contributed by atoms with E-state index in [1.807, 2.05) is 49.4 Å². The number of nitrogens with zero attached hydrogens (tertiary/aromatic N) is 2. The molecule has 2 aromatic carbocycles. The minimum atomic E-state index is -0.309. The monoisotopic (exact) mass is 377 g/mol. The Morgan fingerprint density at radius 2 is 1.85 bits per heavy atom. The Bertz CT molecular complexity index is 1170. The Morgan fingerprint density at radius 3 is 2.67 bits per heavy atom. The van der Waals surface area contributed by atoms with Crippen molar-refractivity contribution in [1.82, 2.24) is 10.1 Å². The van der Waals surface area contributed by atoms with Crippen molar-refractivity contribution < 1.29 is 9.32 Å². The lowest BCUT2D eigenvalue weighted by Crippen LogP contribution is -2.14. The molecule has 0 radical (unpaired) electrons. The summed E-state index contributed by atoms with van der Waals surface area (Å²) in [7, 11) is 0. The summed E-state index contributed by atoms with van der Waals surface area (Å²) in [6.45, 7) is 3.64. The van der Waals surface area contributed by atoms with E-state index in [-0.39, 0.29) is 5.91 Å². The number of aromatic nitrogens is 2. The van der Waals surface area contributed by atoms with E-state index >= 15 is 0 Å². The van der Waals surface area contributed by atoms with Crippen molar-refractivity contribution in [3.05, 3.63) is 76.6 Å². The van der Waals surface area contributed by atoms with Gasteiger partial charge >= 0.3 is 0 Å². The lowest BCUT2D eigenvalue weighted by Gasteiger charge is -2.09. The fraction of sp³-hybridized carbons (Fsp3) is 0.0952. The van der Waals surface area contributed by atoms with Crippen molar-refractivity contribution in [2.45, 2.75) is 13.8 Å². The van der Waals surface area contributed by atoms with Crippen LogP contribution in [0.15, 0.2) is 59.1 Å². The summed E-state index contributed by atoms with van der Waals surface area (Å²) < 4.78 is 5.29. The van der Waals surface area contributed by atoms with Gasteiger partial charge in [0.2, 0.25) is 0 Å². The van der Waals surface area contributed by atoms with Gasteiger partial charge in [-0.2, -0.15) is 0 Å². The van der Waals surface area contributed by atoms with Crippen LogP contribution in [-0.2, 0) is 0 Å². The van der Waals surface area contributed by atoms with Gasteiger partial charge in [0.1, 0.15) is 17.0 Å². The number of aryl methyl sites for hydroxylation is 2. The SMILES string of the molecule is Cc1ccc2c(NC(=O)c3c(-c4ccccc4Cl)noc3C)cccc2n1. The summed E-state index contributed by atoms with van der Waals surface area (Å²) in [6, 6.07) is 16.7. The molecule has 6 heteroatoms. The fourth-order valence-corrected chi connectivity index (χ4v) is 3.25. The van der Waals surface area contributed by atoms with Gasteiger partial charge in [0.05, 0.1) is 16.2 Å². The predicted molar refractivity (Wildman–Crippen MR) is 106 cm³/mol. The number of benzene rings is 2. The van der Waals surface area contributed by atoms with Gasteiger partial charge < -0.3 is 9.84 Å². The normalized spacial score (nSPS) is 10.9. The molecule has 134 valence electrons. The van der Waals surface area contributed by atoms with E-state index in [4.69, 9.17) is 16.1 Å². The first-order valence-corrected chi connectivity index (χ1v) is 8.81. The zero-order valence-electron chi connectivity index (χ0n) is 14.8. The van der Waals surface area contributed by atoms with Gasteiger partial charge in [0.15, 0.2) is 0 Å². The van der Waals surface area contributed by atoms with Gasteiger partial charge in [0.25, 0.3) is 5.91 Å². The van der Waals surface area contributed by atoms with Crippen LogP contribution in [0.1, 0.15) is 21.8 Å². The summed E-state index contributed by atoms with van der Waals surface area (Å²) in [5.41, 5.74) is 3.85. The second-order valence-corrected chi connectivity index (χ2v) is 6.63. The molecule has 0 unspecified atom stereocenters. The number of hydrogen-bond acceptors (Lipinski definition) is 4. The van der Waals surface area contributed by atoms with Crippen molar-refractivity contribution in [2.75, 3.05) is 5.32 Å². The first-order valence-electron chi connectivity index (χ1n) is 8.43. The molecular weight excluding hydrogens is 362 g/mol. The number of pyridine rings is 1. The Hall–Kier alpha value is -3.18. The highest BCUT2D eigenvalue weighted by molar-refractivity contribution is 6.33. The molecule has 2 heterocycles. The molecule has 0 fully saturated rings. The fourth-order valence-electron chi connectivity index (χ4n) is 3.03. The standard InChI is InChI=1S/C21H16ClN3O2/c1-12-10-11-15-17(23-12)8-5-9-18(15)24-21(26)19-13(2)27-25-20(19)14-6-3-4-7-16(14)22/h3-11H,1-2H3,(H,24,26). The second-order valence-electron chi connectivity index (χ2n) is 6.22. The first kappa shape index (κ1) is 17.2. The summed E-state index contributed by atoms with van der Waals surface area (Å²) in [5, 5.41) is 8.38. The average Bonchev–Trinajstić information content (AvgIpc) is 3.03. The van der Waals surface area contributed by atoms with Crippen LogP contribution >= 0.6 is 11.6 Å². The van der Waals surface area contributed by atoms with Gasteiger partial charge in [-0.15, -0.1) is 0 Å². The van der Waals surface area contributed by atoms with Crippen LogP contribution in [0.4, 0.5) is 5.69 Å². The quantitative estimate of drug-likeness (QED) is 0.518. The Labute approximate surface area is 161 Å². The number of carbonyl (C=O) groups is 1. The Morgan fingerprint density at radius 1 is 1.04 bits per heavy atom. The van der Waals surface area contributed by atoms with Crippen molar-refractivity contribution in [2.24, 2.45) is 0 Å². The molecule has 4 aromatic rings. The van der Waals surface area contributed by atoms with Crippen LogP contribution in [0, 0.1) is 13.8 Å². The number of carbonyl (C=O) groups excluding carboxylic acids is 1. The average molecular weight is 378 g/mol. The molecule has 1 amide bonds. The van der Waals surface area contributed by atoms with Gasteiger partial charge in [-0.1, -0.05) is 41.0 Å². The number of fused-ring (bicyclic) bond motifs is 1. The molecule has 0 bridgehead atoms. The van der Waals surface area contributed by atoms with E-state index in [9.17, 15) is 4.79 Å². The summed E-state index contributed by atoms with van der Waals surface area (Å²) in [6.07, 6.45) is 0. The van der Waals surface area contributed by atoms with E-state index in [0.29, 0.717) is 33.3 Å². The first-order chi connectivity index (χ1) is 13.0. The van der Waals surface area contributed by atoms with Crippen molar-refractivity contribution in [1.29, 1.82) is 0 Å². The molecule has 2 aromatic heterocycles. The van der Waals surface area contributed by atoms with Crippen molar-refractivity contribution >= 4 is 34.1 Å². The number of hydrogen-bond donors (Lipinski definition) is 1. The highest BCUT2D eigenvalue weighted by Crippen LogP contribution is 2.32. The molecule has 0 saturated carbocycles. The number of anilines is 1. The Kier molecular flexibility index (Phi) is 4.38. The number of nitrogens with one attached hydrogen (secondary N) is 1. The van der Waals surface area contributed by atoms with Crippen LogP contribution in [0.3, 0.4) is 0 Å². The molecule has 0 atom stereocenters. The van der Waals surface area contributed by atoms with Crippen molar-refractivity contribution in [3.63, 3.8) is 0 Å². The van der Waals surface area contributed by atoms with Gasteiger partial charge in [-0.05, 0) is 44.2 Å². The van der Waals surface area contributed by atoms with Crippen LogP contribution in [-0.4, -0.2) is 16.0 Å². The summed E-state index contributed by atoms with van der Waals surface area (Å²) in [5.74, 6) is 0.119. The highest BCUT2D eigenvalue weighted by atomic mass is 35.5. The van der Waals surface area contributed by atoms with E-state index in [1.54, 1.807) is 19.1 Å². The maximum Gasteiger partial charge on any atom is 0.261 e. The third-order valence-electron chi connectivity index (χ3n) is 4.34. The number of halogens is 1. The molecule has 4 rings (SSSR count). The van der Waals surface area contributed by atoms with Gasteiger partial charge in [0, 0.05) is 16.6 Å². The maximum absolute atomic E-state index is 13.0. The number of rotatable bonds is 3. The lowest BCUT2D eigenvalue weighted by atomic mass is 10.1. The topological polar surface area (TPSA) is 68.0 Å². The molecule has 0 aliphatic rings. The van der Waals surface area contributed by atoms with Crippen LogP contribution in [0.5, 0.6) is 0 Å². The molecule has 0 aliphatic heterocycles. The number of amides is 1. The molecule has 27 heavy (non-hydrogen) atoms. The molecule has 0 saturated heterocycles. The third kappa shape index (κ3) is 3.17. The van der Waals surface area contributed by atoms with Gasteiger partial charge in [-0.3, -0.25) is 9.78 Å².